The molecule has 5 heteroatoms. The molecule has 0 bridgehead atoms. The molecule has 0 aliphatic carbocycles. The molecular formula is C13H22N4O. The summed E-state index contributed by atoms with van der Waals surface area (Å²) in [5.41, 5.74) is 2.04. The third-order valence-corrected chi connectivity index (χ3v) is 3.47. The van der Waals surface area contributed by atoms with Crippen molar-refractivity contribution in [2.75, 3.05) is 33.3 Å². The van der Waals surface area contributed by atoms with Gasteiger partial charge in [0.25, 0.3) is 0 Å². The van der Waals surface area contributed by atoms with Crippen molar-refractivity contribution in [3.05, 3.63) is 23.8 Å². The molecule has 0 spiro atoms. The van der Waals surface area contributed by atoms with Crippen LogP contribution in [0.25, 0.3) is 0 Å². The van der Waals surface area contributed by atoms with Gasteiger partial charge in [0.2, 0.25) is 0 Å². The van der Waals surface area contributed by atoms with E-state index in [1.165, 1.54) is 0 Å². The average molecular weight is 250 g/mol. The van der Waals surface area contributed by atoms with E-state index < -0.39 is 0 Å². The van der Waals surface area contributed by atoms with Gasteiger partial charge in [-0.05, 0) is 20.9 Å². The van der Waals surface area contributed by atoms with Gasteiger partial charge in [-0.1, -0.05) is 0 Å². The summed E-state index contributed by atoms with van der Waals surface area (Å²) < 4.78 is 5.72. The van der Waals surface area contributed by atoms with Crippen LogP contribution in [0.2, 0.25) is 0 Å². The number of aryl methyl sites for hydroxylation is 1. The molecule has 2 unspecified atom stereocenters. The summed E-state index contributed by atoms with van der Waals surface area (Å²) in [6.45, 7) is 7.76. The Morgan fingerprint density at radius 3 is 2.94 bits per heavy atom. The number of ether oxygens (including phenoxy) is 1. The van der Waals surface area contributed by atoms with Crippen LogP contribution in [-0.4, -0.2) is 54.3 Å². The number of rotatable bonds is 4. The van der Waals surface area contributed by atoms with Crippen LogP contribution in [-0.2, 0) is 4.74 Å². The highest BCUT2D eigenvalue weighted by Crippen LogP contribution is 2.19. The van der Waals surface area contributed by atoms with Crippen molar-refractivity contribution < 1.29 is 4.74 Å². The number of nitrogens with zero attached hydrogens (tertiary/aromatic N) is 3. The van der Waals surface area contributed by atoms with Crippen molar-refractivity contribution in [2.45, 2.75) is 26.0 Å². The predicted octanol–water partition coefficient (Wildman–Crippen LogP) is 0.766. The van der Waals surface area contributed by atoms with Crippen LogP contribution < -0.4 is 5.32 Å². The maximum atomic E-state index is 5.72. The van der Waals surface area contributed by atoms with E-state index in [1.54, 1.807) is 12.4 Å². The first-order chi connectivity index (χ1) is 8.68. The second-order valence-electron chi connectivity index (χ2n) is 4.84. The number of aromatic nitrogens is 2. The molecule has 18 heavy (non-hydrogen) atoms. The third kappa shape index (κ3) is 3.25. The Labute approximate surface area is 109 Å². The maximum absolute atomic E-state index is 5.72. The zero-order valence-electron chi connectivity index (χ0n) is 11.4. The number of nitrogens with one attached hydrogen (secondary N) is 1. The molecule has 0 amide bonds. The Bertz CT molecular complexity index is 379. The molecule has 1 N–H and O–H groups in total. The summed E-state index contributed by atoms with van der Waals surface area (Å²) in [7, 11) is 2.11. The number of morpholine rings is 1. The lowest BCUT2D eigenvalue weighted by molar-refractivity contribution is 0.00357. The minimum absolute atomic E-state index is 0.254. The lowest BCUT2D eigenvalue weighted by Crippen LogP contribution is -2.45. The van der Waals surface area contributed by atoms with Crippen LogP contribution in [0.15, 0.2) is 12.4 Å². The maximum Gasteiger partial charge on any atom is 0.0826 e. The molecule has 2 atom stereocenters. The first-order valence-electron chi connectivity index (χ1n) is 6.48. The highest BCUT2D eigenvalue weighted by Gasteiger charge is 2.21. The quantitative estimate of drug-likeness (QED) is 0.855. The highest BCUT2D eigenvalue weighted by atomic mass is 16.5. The van der Waals surface area contributed by atoms with E-state index in [4.69, 9.17) is 4.74 Å². The van der Waals surface area contributed by atoms with Gasteiger partial charge in [0.05, 0.1) is 30.1 Å². The molecule has 2 rings (SSSR count). The van der Waals surface area contributed by atoms with Gasteiger partial charge in [-0.25, -0.2) is 0 Å². The molecule has 1 aromatic heterocycles. The molecule has 100 valence electrons. The van der Waals surface area contributed by atoms with Crippen LogP contribution in [0.4, 0.5) is 0 Å². The van der Waals surface area contributed by atoms with Gasteiger partial charge in [0.1, 0.15) is 0 Å². The smallest absolute Gasteiger partial charge is 0.0826 e. The standard InChI is InChI=1S/C13H22N4O/c1-10-13(16-5-4-15-10)11(2)17(3)9-12-8-14-6-7-18-12/h4-5,11-12,14H,6-9H2,1-3H3. The normalized spacial score (nSPS) is 22.1. The van der Waals surface area contributed by atoms with E-state index in [-0.39, 0.29) is 12.1 Å². The van der Waals surface area contributed by atoms with Gasteiger partial charge in [-0.15, -0.1) is 0 Å². The van der Waals surface area contributed by atoms with Crippen LogP contribution >= 0.6 is 0 Å². The SMILES string of the molecule is Cc1nccnc1C(C)N(C)CC1CNCCO1. The Kier molecular flexibility index (Phi) is 4.63. The molecule has 1 saturated heterocycles. The second kappa shape index (κ2) is 6.22. The van der Waals surface area contributed by atoms with Crippen molar-refractivity contribution in [1.29, 1.82) is 0 Å². The molecule has 0 saturated carbocycles. The zero-order chi connectivity index (χ0) is 13.0. The minimum atomic E-state index is 0.254. The summed E-state index contributed by atoms with van der Waals surface area (Å²) >= 11 is 0. The fourth-order valence-electron chi connectivity index (χ4n) is 2.25. The first-order valence-corrected chi connectivity index (χ1v) is 6.48. The summed E-state index contributed by atoms with van der Waals surface area (Å²) in [6, 6.07) is 0.254. The number of likely N-dealkylation sites (N-methyl/N-ethyl adjacent to an activating group) is 1. The van der Waals surface area contributed by atoms with Gasteiger partial charge in [-0.2, -0.15) is 0 Å². The first kappa shape index (κ1) is 13.4. The van der Waals surface area contributed by atoms with E-state index in [0.717, 1.165) is 37.6 Å². The lowest BCUT2D eigenvalue weighted by Gasteiger charge is -2.31. The van der Waals surface area contributed by atoms with Gasteiger partial charge < -0.3 is 10.1 Å². The molecular weight excluding hydrogens is 228 g/mol. The minimum Gasteiger partial charge on any atom is -0.374 e. The van der Waals surface area contributed by atoms with Gasteiger partial charge in [0.15, 0.2) is 0 Å². The van der Waals surface area contributed by atoms with E-state index in [2.05, 4.69) is 34.2 Å². The fraction of sp³-hybridized carbons (Fsp3) is 0.692. The number of hydrogen-bond donors (Lipinski definition) is 1. The number of hydrogen-bond acceptors (Lipinski definition) is 5. The van der Waals surface area contributed by atoms with Gasteiger partial charge in [0, 0.05) is 32.0 Å². The molecule has 0 radical (unpaired) electrons. The summed E-state index contributed by atoms with van der Waals surface area (Å²) in [5.74, 6) is 0. The van der Waals surface area contributed by atoms with Crippen molar-refractivity contribution in [1.82, 2.24) is 20.2 Å². The van der Waals surface area contributed by atoms with Crippen LogP contribution in [0.3, 0.4) is 0 Å². The van der Waals surface area contributed by atoms with Crippen molar-refractivity contribution in [3.8, 4) is 0 Å². The lowest BCUT2D eigenvalue weighted by atomic mass is 10.1. The Morgan fingerprint density at radius 2 is 2.28 bits per heavy atom. The summed E-state index contributed by atoms with van der Waals surface area (Å²) in [6.07, 6.45) is 3.76. The second-order valence-corrected chi connectivity index (χ2v) is 4.84. The Hall–Kier alpha value is -1.04. The summed E-state index contributed by atoms with van der Waals surface area (Å²) in [4.78, 5) is 11.0. The third-order valence-electron chi connectivity index (χ3n) is 3.47. The van der Waals surface area contributed by atoms with Crippen molar-refractivity contribution >= 4 is 0 Å². The van der Waals surface area contributed by atoms with Crippen molar-refractivity contribution in [3.63, 3.8) is 0 Å². The van der Waals surface area contributed by atoms with Crippen molar-refractivity contribution in [2.24, 2.45) is 0 Å². The molecule has 1 aliphatic rings. The molecule has 1 fully saturated rings. The fourth-order valence-corrected chi connectivity index (χ4v) is 2.25. The van der Waals surface area contributed by atoms with E-state index >= 15 is 0 Å². The van der Waals surface area contributed by atoms with Crippen LogP contribution in [0.1, 0.15) is 24.4 Å². The summed E-state index contributed by atoms with van der Waals surface area (Å²) in [5, 5.41) is 3.35. The van der Waals surface area contributed by atoms with Gasteiger partial charge in [-0.3, -0.25) is 14.9 Å². The zero-order valence-corrected chi connectivity index (χ0v) is 11.4. The molecule has 1 aliphatic heterocycles. The van der Waals surface area contributed by atoms with Crippen LogP contribution in [0, 0.1) is 6.92 Å². The van der Waals surface area contributed by atoms with E-state index in [1.807, 2.05) is 6.92 Å². The van der Waals surface area contributed by atoms with E-state index in [0.29, 0.717) is 0 Å². The monoisotopic (exact) mass is 250 g/mol. The molecule has 0 aromatic carbocycles. The molecule has 2 heterocycles. The Balaban J connectivity index is 1.95. The van der Waals surface area contributed by atoms with Gasteiger partial charge >= 0.3 is 0 Å². The topological polar surface area (TPSA) is 50.3 Å². The average Bonchev–Trinajstić information content (AvgIpc) is 2.39. The predicted molar refractivity (Wildman–Crippen MR) is 70.4 cm³/mol. The van der Waals surface area contributed by atoms with E-state index in [9.17, 15) is 0 Å². The largest absolute Gasteiger partial charge is 0.374 e. The van der Waals surface area contributed by atoms with Crippen LogP contribution in [0.5, 0.6) is 0 Å². The highest BCUT2D eigenvalue weighted by molar-refractivity contribution is 5.12. The molecule has 5 nitrogen and oxygen atoms in total. The Morgan fingerprint density at radius 1 is 1.50 bits per heavy atom. The molecule has 1 aromatic rings.